The molecule has 3 rings (SSSR count). The summed E-state index contributed by atoms with van der Waals surface area (Å²) in [5, 5.41) is 9.63. The van der Waals surface area contributed by atoms with Crippen LogP contribution in [0.3, 0.4) is 0 Å². The molecule has 0 atom stereocenters. The molecule has 2 aromatic heterocycles. The summed E-state index contributed by atoms with van der Waals surface area (Å²) in [5.41, 5.74) is 0.594. The van der Waals surface area contributed by atoms with Crippen molar-refractivity contribution in [1.29, 1.82) is 5.26 Å². The van der Waals surface area contributed by atoms with Crippen LogP contribution in [0.2, 0.25) is 0 Å². The zero-order chi connectivity index (χ0) is 19.9. The van der Waals surface area contributed by atoms with Crippen LogP contribution in [0.4, 0.5) is 0 Å². The molecule has 144 valence electrons. The second-order valence-electron chi connectivity index (χ2n) is 6.05. The van der Waals surface area contributed by atoms with Crippen molar-refractivity contribution in [2.45, 2.75) is 31.0 Å². The second-order valence-corrected chi connectivity index (χ2v) is 7.11. The lowest BCUT2D eigenvalue weighted by molar-refractivity contribution is 0.0601. The molecule has 0 N–H and O–H groups in total. The highest BCUT2D eigenvalue weighted by atomic mass is 32.2. The number of esters is 1. The Morgan fingerprint density at radius 1 is 1.36 bits per heavy atom. The Bertz CT molecular complexity index is 1070. The first-order chi connectivity index (χ1) is 13.6. The van der Waals surface area contributed by atoms with Crippen LogP contribution in [0.5, 0.6) is 0 Å². The first-order valence-electron chi connectivity index (χ1n) is 8.79. The molecule has 8 heteroatoms. The second kappa shape index (κ2) is 9.24. The van der Waals surface area contributed by atoms with E-state index < -0.39 is 5.97 Å². The van der Waals surface area contributed by atoms with Crippen molar-refractivity contribution in [3.05, 3.63) is 58.3 Å². The third kappa shape index (κ3) is 4.43. The van der Waals surface area contributed by atoms with Crippen LogP contribution in [0.1, 0.15) is 35.4 Å². The van der Waals surface area contributed by atoms with E-state index in [1.165, 1.54) is 18.9 Å². The van der Waals surface area contributed by atoms with Gasteiger partial charge in [-0.15, -0.1) is 0 Å². The number of benzene rings is 1. The molecule has 0 radical (unpaired) electrons. The largest absolute Gasteiger partial charge is 0.467 e. The number of carbonyl (C=O) groups excluding carboxylic acids is 1. The van der Waals surface area contributed by atoms with E-state index in [2.05, 4.69) is 11.1 Å². The van der Waals surface area contributed by atoms with Crippen LogP contribution in [0.25, 0.3) is 10.9 Å². The summed E-state index contributed by atoms with van der Waals surface area (Å²) >= 11 is 1.45. The van der Waals surface area contributed by atoms with Crippen LogP contribution >= 0.6 is 11.8 Å². The molecule has 0 saturated heterocycles. The number of nitrogens with zero attached hydrogens (tertiary/aromatic N) is 3. The smallest absolute Gasteiger partial charge is 0.337 e. The SMILES string of the molecule is COC(=O)c1ccc2c(=O)n(Cc3ccco3)c(SCCCCC#N)nc2c1. The zero-order valence-electron chi connectivity index (χ0n) is 15.4. The maximum atomic E-state index is 13.1. The molecule has 0 spiro atoms. The van der Waals surface area contributed by atoms with Gasteiger partial charge in [-0.3, -0.25) is 9.36 Å². The van der Waals surface area contributed by atoms with Crippen molar-refractivity contribution >= 4 is 28.6 Å². The minimum absolute atomic E-state index is 0.197. The number of unbranched alkanes of at least 4 members (excludes halogenated alkanes) is 2. The molecule has 1 aromatic carbocycles. The molecule has 0 aliphatic rings. The van der Waals surface area contributed by atoms with Crippen LogP contribution in [-0.2, 0) is 11.3 Å². The first-order valence-corrected chi connectivity index (χ1v) is 9.77. The van der Waals surface area contributed by atoms with Gasteiger partial charge >= 0.3 is 5.97 Å². The van der Waals surface area contributed by atoms with Gasteiger partial charge in [-0.25, -0.2) is 9.78 Å². The third-order valence-electron chi connectivity index (χ3n) is 4.15. The summed E-state index contributed by atoms with van der Waals surface area (Å²) in [4.78, 5) is 29.5. The quantitative estimate of drug-likeness (QED) is 0.248. The summed E-state index contributed by atoms with van der Waals surface area (Å²) in [5.74, 6) is 0.906. The molecular weight excluding hydrogens is 378 g/mol. The summed E-state index contributed by atoms with van der Waals surface area (Å²) in [6, 6.07) is 10.4. The number of aromatic nitrogens is 2. The van der Waals surface area contributed by atoms with Crippen molar-refractivity contribution in [3.8, 4) is 6.07 Å². The maximum absolute atomic E-state index is 13.1. The number of methoxy groups -OCH3 is 1. The minimum Gasteiger partial charge on any atom is -0.467 e. The summed E-state index contributed by atoms with van der Waals surface area (Å²) in [7, 11) is 1.31. The van der Waals surface area contributed by atoms with Gasteiger partial charge in [0.15, 0.2) is 5.16 Å². The van der Waals surface area contributed by atoms with Crippen molar-refractivity contribution in [2.75, 3.05) is 12.9 Å². The standard InChI is InChI=1S/C20H19N3O4S/c1-26-19(25)14-7-8-16-17(12-14)22-20(28-11-4-2-3-9-21)23(18(16)24)13-15-6-5-10-27-15/h5-8,10,12H,2-4,11,13H2,1H3. The molecule has 0 aliphatic carbocycles. The van der Waals surface area contributed by atoms with Gasteiger partial charge in [0.2, 0.25) is 0 Å². The Morgan fingerprint density at radius 3 is 2.93 bits per heavy atom. The topological polar surface area (TPSA) is 98.1 Å². The minimum atomic E-state index is -0.478. The normalized spacial score (nSPS) is 10.7. The zero-order valence-corrected chi connectivity index (χ0v) is 16.2. The lowest BCUT2D eigenvalue weighted by Gasteiger charge is -2.12. The van der Waals surface area contributed by atoms with E-state index in [9.17, 15) is 9.59 Å². The first kappa shape index (κ1) is 19.7. The fraction of sp³-hybridized carbons (Fsp3) is 0.300. The number of hydrogen-bond acceptors (Lipinski definition) is 7. The van der Waals surface area contributed by atoms with Crippen LogP contribution in [0, 0.1) is 11.3 Å². The number of thioether (sulfide) groups is 1. The third-order valence-corrected chi connectivity index (χ3v) is 5.21. The summed E-state index contributed by atoms with van der Waals surface area (Å²) in [6.45, 7) is 0.272. The van der Waals surface area contributed by atoms with Crippen molar-refractivity contribution in [1.82, 2.24) is 9.55 Å². The highest BCUT2D eigenvalue weighted by Crippen LogP contribution is 2.21. The molecule has 7 nitrogen and oxygen atoms in total. The predicted molar refractivity (Wildman–Crippen MR) is 105 cm³/mol. The molecule has 0 unspecified atom stereocenters. The summed E-state index contributed by atoms with van der Waals surface area (Å²) < 4.78 is 11.7. The van der Waals surface area contributed by atoms with Gasteiger partial charge in [0.25, 0.3) is 5.56 Å². The molecular formula is C20H19N3O4S. The van der Waals surface area contributed by atoms with Gasteiger partial charge in [0, 0.05) is 12.2 Å². The van der Waals surface area contributed by atoms with Gasteiger partial charge in [-0.2, -0.15) is 5.26 Å². The van der Waals surface area contributed by atoms with Crippen LogP contribution in [0.15, 0.2) is 51.0 Å². The van der Waals surface area contributed by atoms with Gasteiger partial charge < -0.3 is 9.15 Å². The molecule has 0 saturated carbocycles. The average molecular weight is 397 g/mol. The number of rotatable bonds is 8. The lowest BCUT2D eigenvalue weighted by Crippen LogP contribution is -2.24. The van der Waals surface area contributed by atoms with Crippen LogP contribution in [-0.4, -0.2) is 28.4 Å². The van der Waals surface area contributed by atoms with E-state index in [4.69, 9.17) is 14.4 Å². The van der Waals surface area contributed by atoms with E-state index >= 15 is 0 Å². The predicted octanol–water partition coefficient (Wildman–Crippen LogP) is 3.61. The van der Waals surface area contributed by atoms with E-state index in [0.717, 1.165) is 18.6 Å². The Balaban J connectivity index is 2.00. The number of furan rings is 1. The number of fused-ring (bicyclic) bond motifs is 1. The molecule has 0 aliphatic heterocycles. The molecule has 0 amide bonds. The summed E-state index contributed by atoms with van der Waals surface area (Å²) in [6.07, 6.45) is 3.71. The highest BCUT2D eigenvalue weighted by molar-refractivity contribution is 7.99. The monoisotopic (exact) mass is 397 g/mol. The Morgan fingerprint density at radius 2 is 2.21 bits per heavy atom. The van der Waals surface area contributed by atoms with Gasteiger partial charge in [0.05, 0.1) is 42.5 Å². The Kier molecular flexibility index (Phi) is 6.50. The van der Waals surface area contributed by atoms with E-state index in [0.29, 0.717) is 33.8 Å². The fourth-order valence-electron chi connectivity index (χ4n) is 2.72. The fourth-order valence-corrected chi connectivity index (χ4v) is 3.72. The maximum Gasteiger partial charge on any atom is 0.337 e. The lowest BCUT2D eigenvalue weighted by atomic mass is 10.1. The molecule has 0 bridgehead atoms. The van der Waals surface area contributed by atoms with E-state index in [1.807, 2.05) is 0 Å². The Labute approximate surface area is 165 Å². The number of carbonyl (C=O) groups is 1. The van der Waals surface area contributed by atoms with E-state index in [1.54, 1.807) is 41.2 Å². The molecule has 28 heavy (non-hydrogen) atoms. The van der Waals surface area contributed by atoms with Crippen molar-refractivity contribution < 1.29 is 13.9 Å². The molecule has 0 fully saturated rings. The van der Waals surface area contributed by atoms with E-state index in [-0.39, 0.29) is 12.1 Å². The van der Waals surface area contributed by atoms with Crippen molar-refractivity contribution in [3.63, 3.8) is 0 Å². The van der Waals surface area contributed by atoms with Gasteiger partial charge in [-0.05, 0) is 43.2 Å². The van der Waals surface area contributed by atoms with Crippen LogP contribution < -0.4 is 5.56 Å². The van der Waals surface area contributed by atoms with Gasteiger partial charge in [-0.1, -0.05) is 11.8 Å². The number of ether oxygens (including phenoxy) is 1. The van der Waals surface area contributed by atoms with Gasteiger partial charge in [0.1, 0.15) is 5.76 Å². The number of hydrogen-bond donors (Lipinski definition) is 0. The molecule has 2 heterocycles. The molecule has 3 aromatic rings. The Hall–Kier alpha value is -3.05. The van der Waals surface area contributed by atoms with Crippen molar-refractivity contribution in [2.24, 2.45) is 0 Å². The average Bonchev–Trinajstić information content (AvgIpc) is 3.22. The highest BCUT2D eigenvalue weighted by Gasteiger charge is 2.15. The number of nitriles is 1.